The maximum atomic E-state index is 12.2. The topological polar surface area (TPSA) is 29.5 Å². The summed E-state index contributed by atoms with van der Waals surface area (Å²) in [6, 6.07) is 10.4. The first kappa shape index (κ1) is 11.7. The first-order valence-electron chi connectivity index (χ1n) is 6.67. The Morgan fingerprint density at radius 1 is 1.33 bits per heavy atom. The number of amides is 1. The molecule has 3 heteroatoms. The molecule has 2 fully saturated rings. The van der Waals surface area contributed by atoms with Gasteiger partial charge in [-0.1, -0.05) is 44.2 Å². The number of hydrogen-bond donors (Lipinski definition) is 0. The van der Waals surface area contributed by atoms with Crippen LogP contribution in [0, 0.1) is 5.92 Å². The van der Waals surface area contributed by atoms with Crippen LogP contribution in [0.3, 0.4) is 0 Å². The van der Waals surface area contributed by atoms with Crippen molar-refractivity contribution in [2.75, 3.05) is 6.61 Å². The van der Waals surface area contributed by atoms with E-state index in [-0.39, 0.29) is 11.9 Å². The molecule has 0 aromatic heterocycles. The predicted octanol–water partition coefficient (Wildman–Crippen LogP) is 2.52. The van der Waals surface area contributed by atoms with Gasteiger partial charge in [0.2, 0.25) is 5.91 Å². The van der Waals surface area contributed by atoms with Gasteiger partial charge in [0.15, 0.2) is 5.72 Å². The van der Waals surface area contributed by atoms with Crippen LogP contribution in [0.15, 0.2) is 30.3 Å². The first-order valence-corrected chi connectivity index (χ1v) is 6.67. The molecule has 0 saturated carbocycles. The Morgan fingerprint density at radius 2 is 2.06 bits per heavy atom. The van der Waals surface area contributed by atoms with Crippen LogP contribution in [0.25, 0.3) is 0 Å². The lowest BCUT2D eigenvalue weighted by Gasteiger charge is -2.34. The lowest BCUT2D eigenvalue weighted by atomic mass is 9.98. The summed E-state index contributed by atoms with van der Waals surface area (Å²) in [5.74, 6) is 0.660. The minimum atomic E-state index is -0.493. The summed E-state index contributed by atoms with van der Waals surface area (Å²) in [5.41, 5.74) is 0.617. The van der Waals surface area contributed by atoms with Crippen molar-refractivity contribution in [2.24, 2.45) is 5.92 Å². The van der Waals surface area contributed by atoms with Crippen LogP contribution in [-0.2, 0) is 15.3 Å². The molecule has 0 radical (unpaired) electrons. The second kappa shape index (κ2) is 4.09. The molecule has 2 aliphatic heterocycles. The van der Waals surface area contributed by atoms with E-state index in [0.29, 0.717) is 18.9 Å². The fourth-order valence-electron chi connectivity index (χ4n) is 3.17. The monoisotopic (exact) mass is 245 g/mol. The van der Waals surface area contributed by atoms with Gasteiger partial charge in [-0.2, -0.15) is 0 Å². The van der Waals surface area contributed by atoms with Crippen LogP contribution in [-0.4, -0.2) is 23.5 Å². The average Bonchev–Trinajstić information content (AvgIpc) is 2.91. The largest absolute Gasteiger partial charge is 0.349 e. The van der Waals surface area contributed by atoms with E-state index in [1.165, 1.54) is 0 Å². The Hall–Kier alpha value is -1.35. The molecule has 0 aliphatic carbocycles. The van der Waals surface area contributed by atoms with Crippen molar-refractivity contribution in [3.63, 3.8) is 0 Å². The molecule has 1 aromatic carbocycles. The molecule has 96 valence electrons. The highest BCUT2D eigenvalue weighted by Gasteiger charge is 2.55. The number of nitrogens with zero attached hydrogens (tertiary/aromatic N) is 1. The van der Waals surface area contributed by atoms with Crippen molar-refractivity contribution in [2.45, 2.75) is 38.5 Å². The van der Waals surface area contributed by atoms with Crippen molar-refractivity contribution in [1.82, 2.24) is 4.90 Å². The van der Waals surface area contributed by atoms with E-state index in [2.05, 4.69) is 26.0 Å². The van der Waals surface area contributed by atoms with E-state index in [0.717, 1.165) is 12.0 Å². The van der Waals surface area contributed by atoms with E-state index in [4.69, 9.17) is 4.74 Å². The van der Waals surface area contributed by atoms with Crippen LogP contribution >= 0.6 is 0 Å². The summed E-state index contributed by atoms with van der Waals surface area (Å²) >= 11 is 0. The minimum absolute atomic E-state index is 0.209. The smallest absolute Gasteiger partial charge is 0.225 e. The molecule has 2 saturated heterocycles. The lowest BCUT2D eigenvalue weighted by molar-refractivity contribution is -0.140. The highest BCUT2D eigenvalue weighted by atomic mass is 16.5. The van der Waals surface area contributed by atoms with Crippen molar-refractivity contribution in [3.8, 4) is 0 Å². The number of hydrogen-bond acceptors (Lipinski definition) is 2. The molecule has 3 nitrogen and oxygen atoms in total. The fraction of sp³-hybridized carbons (Fsp3) is 0.533. The second-order valence-electron chi connectivity index (χ2n) is 5.54. The van der Waals surface area contributed by atoms with Crippen molar-refractivity contribution >= 4 is 5.91 Å². The highest BCUT2D eigenvalue weighted by Crippen LogP contribution is 2.47. The number of carbonyl (C=O) groups excluding carboxylic acids is 1. The van der Waals surface area contributed by atoms with E-state index in [1.54, 1.807) is 0 Å². The third-order valence-corrected chi connectivity index (χ3v) is 4.15. The molecular weight excluding hydrogens is 226 g/mol. The van der Waals surface area contributed by atoms with E-state index < -0.39 is 5.72 Å². The van der Waals surface area contributed by atoms with Crippen LogP contribution in [0.1, 0.15) is 32.3 Å². The van der Waals surface area contributed by atoms with Crippen molar-refractivity contribution in [1.29, 1.82) is 0 Å². The summed E-state index contributed by atoms with van der Waals surface area (Å²) in [4.78, 5) is 14.2. The Labute approximate surface area is 108 Å². The molecule has 3 rings (SSSR count). The zero-order chi connectivity index (χ0) is 12.8. The lowest BCUT2D eigenvalue weighted by Crippen LogP contribution is -2.45. The number of fused-ring (bicyclic) bond motifs is 1. The highest BCUT2D eigenvalue weighted by molar-refractivity contribution is 5.80. The SMILES string of the molecule is CC(C)[C@H]1COC2(c3ccccc3)CCC(=O)N12. The molecule has 1 unspecified atom stereocenters. The molecular formula is C15H19NO2. The van der Waals surface area contributed by atoms with Gasteiger partial charge in [-0.05, 0) is 5.92 Å². The summed E-state index contributed by atoms with van der Waals surface area (Å²) in [6.07, 6.45) is 1.37. The average molecular weight is 245 g/mol. The van der Waals surface area contributed by atoms with Gasteiger partial charge in [0, 0.05) is 18.4 Å². The summed E-state index contributed by atoms with van der Waals surface area (Å²) in [6.45, 7) is 4.96. The fourth-order valence-corrected chi connectivity index (χ4v) is 3.17. The second-order valence-corrected chi connectivity index (χ2v) is 5.54. The van der Waals surface area contributed by atoms with Gasteiger partial charge in [-0.25, -0.2) is 0 Å². The Bertz CT molecular complexity index is 457. The zero-order valence-electron chi connectivity index (χ0n) is 10.9. The molecule has 18 heavy (non-hydrogen) atoms. The third kappa shape index (κ3) is 1.50. The quantitative estimate of drug-likeness (QED) is 0.801. The minimum Gasteiger partial charge on any atom is -0.349 e. The van der Waals surface area contributed by atoms with Gasteiger partial charge >= 0.3 is 0 Å². The standard InChI is InChI=1S/C15H19NO2/c1-11(2)13-10-18-15(9-8-14(17)16(13)15)12-6-4-3-5-7-12/h3-7,11,13H,8-10H2,1-2H3/t13-,15?/m1/s1. The summed E-state index contributed by atoms with van der Waals surface area (Å²) in [5, 5.41) is 0. The summed E-state index contributed by atoms with van der Waals surface area (Å²) < 4.78 is 6.10. The zero-order valence-corrected chi connectivity index (χ0v) is 10.9. The molecule has 2 atom stereocenters. The molecule has 1 aromatic rings. The Balaban J connectivity index is 2.04. The van der Waals surface area contributed by atoms with E-state index in [9.17, 15) is 4.79 Å². The maximum absolute atomic E-state index is 12.2. The van der Waals surface area contributed by atoms with Gasteiger partial charge in [0.05, 0.1) is 12.6 Å². The Morgan fingerprint density at radius 3 is 2.72 bits per heavy atom. The Kier molecular flexibility index (Phi) is 2.67. The maximum Gasteiger partial charge on any atom is 0.225 e. The third-order valence-electron chi connectivity index (χ3n) is 4.15. The van der Waals surface area contributed by atoms with Crippen molar-refractivity contribution < 1.29 is 9.53 Å². The van der Waals surface area contributed by atoms with Crippen LogP contribution in [0.2, 0.25) is 0 Å². The van der Waals surface area contributed by atoms with E-state index >= 15 is 0 Å². The number of rotatable bonds is 2. The number of ether oxygens (including phenoxy) is 1. The van der Waals surface area contributed by atoms with Gasteiger partial charge in [-0.15, -0.1) is 0 Å². The number of benzene rings is 1. The molecule has 1 amide bonds. The van der Waals surface area contributed by atoms with Gasteiger partial charge in [0.1, 0.15) is 0 Å². The van der Waals surface area contributed by atoms with Crippen LogP contribution in [0.5, 0.6) is 0 Å². The number of carbonyl (C=O) groups is 1. The molecule has 2 aliphatic rings. The molecule has 2 heterocycles. The van der Waals surface area contributed by atoms with Crippen molar-refractivity contribution in [3.05, 3.63) is 35.9 Å². The summed E-state index contributed by atoms with van der Waals surface area (Å²) in [7, 11) is 0. The normalized spacial score (nSPS) is 31.2. The first-order chi connectivity index (χ1) is 8.65. The van der Waals surface area contributed by atoms with Gasteiger partial charge in [0.25, 0.3) is 0 Å². The predicted molar refractivity (Wildman–Crippen MR) is 68.8 cm³/mol. The molecule has 0 bridgehead atoms. The van der Waals surface area contributed by atoms with Crippen LogP contribution in [0.4, 0.5) is 0 Å². The molecule has 0 N–H and O–H groups in total. The molecule has 0 spiro atoms. The van der Waals surface area contributed by atoms with Gasteiger partial charge < -0.3 is 9.64 Å². The van der Waals surface area contributed by atoms with E-state index in [1.807, 2.05) is 23.1 Å². The van der Waals surface area contributed by atoms with Gasteiger partial charge in [-0.3, -0.25) is 4.79 Å². The van der Waals surface area contributed by atoms with Crippen LogP contribution < -0.4 is 0 Å².